The number of ether oxygens (including phenoxy) is 1. The smallest absolute Gasteiger partial charge is 0.331 e. The first-order valence-electron chi connectivity index (χ1n) is 13.2. The van der Waals surface area contributed by atoms with Crippen molar-refractivity contribution in [1.29, 1.82) is 0 Å². The average Bonchev–Trinajstić information content (AvgIpc) is 2.97. The first kappa shape index (κ1) is 29.3. The molecule has 0 spiro atoms. The largest absolute Gasteiger partial charge is 0.495 e. The lowest BCUT2D eigenvalue weighted by Gasteiger charge is -2.22. The lowest BCUT2D eigenvalue weighted by molar-refractivity contribution is 0.215. The molecule has 3 aromatic carbocycles. The van der Waals surface area contributed by atoms with Gasteiger partial charge in [-0.1, -0.05) is 60.7 Å². The summed E-state index contributed by atoms with van der Waals surface area (Å²) in [7, 11) is 1.52. The van der Waals surface area contributed by atoms with Gasteiger partial charge in [-0.3, -0.25) is 13.9 Å². The van der Waals surface area contributed by atoms with Crippen LogP contribution >= 0.6 is 0 Å². The van der Waals surface area contributed by atoms with Gasteiger partial charge in [0.15, 0.2) is 0 Å². The Balaban J connectivity index is 1.86. The molecule has 0 fully saturated rings. The molecule has 2 unspecified atom stereocenters. The van der Waals surface area contributed by atoms with Crippen LogP contribution in [0.2, 0.25) is 0 Å². The summed E-state index contributed by atoms with van der Waals surface area (Å²) in [5, 5.41) is 11.5. The molecule has 0 bridgehead atoms. The van der Waals surface area contributed by atoms with E-state index in [0.717, 1.165) is 15.7 Å². The Bertz CT molecular complexity index is 1670. The lowest BCUT2D eigenvalue weighted by Crippen LogP contribution is -2.44. The summed E-state index contributed by atoms with van der Waals surface area (Å²) in [6.07, 6.45) is 3.60. The number of aliphatic hydroxyl groups is 1. The molecular formula is C33H34FN3O4. The van der Waals surface area contributed by atoms with Crippen molar-refractivity contribution in [3.63, 3.8) is 0 Å². The molecule has 212 valence electrons. The average molecular weight is 556 g/mol. The van der Waals surface area contributed by atoms with Gasteiger partial charge in [0.25, 0.3) is 5.56 Å². The van der Waals surface area contributed by atoms with E-state index in [-0.39, 0.29) is 12.1 Å². The molecular weight excluding hydrogens is 521 g/mol. The van der Waals surface area contributed by atoms with Crippen LogP contribution in [0, 0.1) is 5.82 Å². The van der Waals surface area contributed by atoms with Crippen molar-refractivity contribution < 1.29 is 14.2 Å². The summed E-state index contributed by atoms with van der Waals surface area (Å²) in [6, 6.07) is 19.4. The van der Waals surface area contributed by atoms with Gasteiger partial charge in [-0.05, 0) is 61.7 Å². The van der Waals surface area contributed by atoms with Crippen LogP contribution in [0.1, 0.15) is 55.2 Å². The van der Waals surface area contributed by atoms with Crippen molar-refractivity contribution >= 4 is 5.69 Å². The fourth-order valence-corrected chi connectivity index (χ4v) is 4.71. The number of rotatable bonds is 10. The van der Waals surface area contributed by atoms with Gasteiger partial charge in [0.2, 0.25) is 0 Å². The predicted octanol–water partition coefficient (Wildman–Crippen LogP) is 5.77. The molecule has 0 saturated carbocycles. The van der Waals surface area contributed by atoms with E-state index in [4.69, 9.17) is 4.74 Å². The number of methoxy groups -OCH3 is 1. The summed E-state index contributed by atoms with van der Waals surface area (Å²) >= 11 is 0. The fourth-order valence-electron chi connectivity index (χ4n) is 4.71. The number of hydrogen-bond acceptors (Lipinski definition) is 5. The van der Waals surface area contributed by atoms with Gasteiger partial charge in [0, 0.05) is 18.6 Å². The molecule has 0 aliphatic rings. The Morgan fingerprint density at radius 1 is 1.05 bits per heavy atom. The van der Waals surface area contributed by atoms with Gasteiger partial charge in [0.05, 0.1) is 30.9 Å². The quantitative estimate of drug-likeness (QED) is 0.269. The molecule has 0 saturated heterocycles. The topological polar surface area (TPSA) is 76.7 Å². The number of aliphatic hydroxyl groups excluding tert-OH is 1. The van der Waals surface area contributed by atoms with E-state index in [9.17, 15) is 19.1 Å². The SMILES string of the molecule is C=CN(C=C(C)C)c1ccc(C(O)c2cn(Cc3ccccc3)c(=O)n(C(C)c3ccc(F)cc3)c2=O)cc1OC. The van der Waals surface area contributed by atoms with E-state index >= 15 is 0 Å². The Hall–Kier alpha value is -4.69. The van der Waals surface area contributed by atoms with E-state index in [1.165, 1.54) is 42.1 Å². The van der Waals surface area contributed by atoms with Crippen molar-refractivity contribution in [3.05, 3.63) is 152 Å². The zero-order chi connectivity index (χ0) is 29.7. The summed E-state index contributed by atoms with van der Waals surface area (Å²) in [4.78, 5) is 29.3. The maximum atomic E-state index is 13.8. The van der Waals surface area contributed by atoms with Gasteiger partial charge in [-0.2, -0.15) is 0 Å². The minimum Gasteiger partial charge on any atom is -0.495 e. The van der Waals surface area contributed by atoms with Crippen molar-refractivity contribution in [2.24, 2.45) is 0 Å². The van der Waals surface area contributed by atoms with Gasteiger partial charge in [0.1, 0.15) is 17.7 Å². The van der Waals surface area contributed by atoms with Crippen LogP contribution in [-0.4, -0.2) is 21.4 Å². The lowest BCUT2D eigenvalue weighted by atomic mass is 10.0. The maximum Gasteiger partial charge on any atom is 0.331 e. The van der Waals surface area contributed by atoms with Gasteiger partial charge >= 0.3 is 5.69 Å². The van der Waals surface area contributed by atoms with E-state index in [0.29, 0.717) is 22.6 Å². The number of allylic oxidation sites excluding steroid dienone is 1. The highest BCUT2D eigenvalue weighted by atomic mass is 19.1. The number of nitrogens with zero attached hydrogens (tertiary/aromatic N) is 3. The number of anilines is 1. The molecule has 2 atom stereocenters. The van der Waals surface area contributed by atoms with Gasteiger partial charge in [-0.25, -0.2) is 9.18 Å². The van der Waals surface area contributed by atoms with E-state index < -0.39 is 29.2 Å². The summed E-state index contributed by atoms with van der Waals surface area (Å²) in [5.74, 6) is 0.0486. The molecule has 4 aromatic rings. The van der Waals surface area contributed by atoms with E-state index in [1.807, 2.05) is 55.3 Å². The minimum absolute atomic E-state index is 0.0224. The highest BCUT2D eigenvalue weighted by Gasteiger charge is 2.24. The number of halogens is 1. The van der Waals surface area contributed by atoms with Crippen LogP contribution in [0.5, 0.6) is 5.75 Å². The second kappa shape index (κ2) is 12.7. The first-order chi connectivity index (χ1) is 19.6. The highest BCUT2D eigenvalue weighted by Crippen LogP contribution is 2.33. The van der Waals surface area contributed by atoms with Crippen LogP contribution in [0.25, 0.3) is 0 Å². The second-order valence-corrected chi connectivity index (χ2v) is 10.0. The van der Waals surface area contributed by atoms with Crippen molar-refractivity contribution in [3.8, 4) is 5.75 Å². The first-order valence-corrected chi connectivity index (χ1v) is 13.2. The predicted molar refractivity (Wildman–Crippen MR) is 160 cm³/mol. The monoisotopic (exact) mass is 555 g/mol. The third-order valence-corrected chi connectivity index (χ3v) is 6.83. The molecule has 8 heteroatoms. The molecule has 0 radical (unpaired) electrons. The van der Waals surface area contributed by atoms with Crippen LogP contribution < -0.4 is 20.9 Å². The molecule has 4 rings (SSSR count). The Labute approximate surface area is 238 Å². The molecule has 1 N–H and O–H groups in total. The standard InChI is InChI=1S/C33H34FN3O4/c1-6-35(19-22(2)3)29-17-14-26(18-30(29)41-5)31(38)28-21-36(20-24-10-8-7-9-11-24)33(40)37(32(28)39)23(4)25-12-15-27(34)16-13-25/h6-19,21,23,31,38H,1,20H2,2-5H3. The van der Waals surface area contributed by atoms with Crippen molar-refractivity contribution in [1.82, 2.24) is 9.13 Å². The number of hydrogen-bond donors (Lipinski definition) is 1. The van der Waals surface area contributed by atoms with Crippen LogP contribution in [0.15, 0.2) is 113 Å². The molecule has 1 aromatic heterocycles. The zero-order valence-electron chi connectivity index (χ0n) is 23.6. The molecule has 0 aliphatic carbocycles. The van der Waals surface area contributed by atoms with Gasteiger partial charge < -0.3 is 14.7 Å². The molecule has 7 nitrogen and oxygen atoms in total. The van der Waals surface area contributed by atoms with Crippen molar-refractivity contribution in [2.45, 2.75) is 39.5 Å². The maximum absolute atomic E-state index is 13.8. The molecule has 0 aliphatic heterocycles. The molecule has 0 amide bonds. The van der Waals surface area contributed by atoms with E-state index in [2.05, 4.69) is 6.58 Å². The summed E-state index contributed by atoms with van der Waals surface area (Å²) < 4.78 is 21.7. The third kappa shape index (κ3) is 6.39. The van der Waals surface area contributed by atoms with Gasteiger partial charge in [-0.15, -0.1) is 0 Å². The fraction of sp³-hybridized carbons (Fsp3) is 0.212. The Morgan fingerprint density at radius 2 is 1.71 bits per heavy atom. The van der Waals surface area contributed by atoms with Crippen molar-refractivity contribution in [2.75, 3.05) is 12.0 Å². The Morgan fingerprint density at radius 3 is 2.32 bits per heavy atom. The van der Waals surface area contributed by atoms with Crippen LogP contribution in [0.3, 0.4) is 0 Å². The normalized spacial score (nSPS) is 12.3. The summed E-state index contributed by atoms with van der Waals surface area (Å²) in [6.45, 7) is 9.68. The zero-order valence-corrected chi connectivity index (χ0v) is 23.6. The van der Waals surface area contributed by atoms with Crippen LogP contribution in [-0.2, 0) is 6.54 Å². The van der Waals surface area contributed by atoms with Crippen LogP contribution in [0.4, 0.5) is 10.1 Å². The summed E-state index contributed by atoms with van der Waals surface area (Å²) in [5.41, 5.74) is 2.45. The number of aromatic nitrogens is 2. The third-order valence-electron chi connectivity index (χ3n) is 6.83. The molecule has 1 heterocycles. The van der Waals surface area contributed by atoms with E-state index in [1.54, 1.807) is 31.3 Å². The minimum atomic E-state index is -1.36. The molecule has 41 heavy (non-hydrogen) atoms. The second-order valence-electron chi connectivity index (χ2n) is 10.0. The number of benzene rings is 3. The highest BCUT2D eigenvalue weighted by molar-refractivity contribution is 5.64. The Kier molecular flexibility index (Phi) is 9.04.